The minimum atomic E-state index is -0.691. The molecular formula is C28H29NO5S. The summed E-state index contributed by atoms with van der Waals surface area (Å²) in [6, 6.07) is 15.8. The van der Waals surface area contributed by atoms with Crippen LogP contribution in [0.4, 0.5) is 0 Å². The number of nitrogens with zero attached hydrogens (tertiary/aromatic N) is 1. The SMILES string of the molecule is CCOc1ccc(/C(O)=C2/C(=O)C(=O)N(Cc3cccc(OC)c3)C2c2cccs2)cc1C(C)C. The minimum Gasteiger partial charge on any atom is -0.507 e. The molecule has 1 fully saturated rings. The fraction of sp³-hybridized carbons (Fsp3) is 0.286. The number of ether oxygens (including phenoxy) is 2. The van der Waals surface area contributed by atoms with Crippen molar-refractivity contribution in [2.45, 2.75) is 39.3 Å². The summed E-state index contributed by atoms with van der Waals surface area (Å²) in [7, 11) is 1.58. The lowest BCUT2D eigenvalue weighted by Gasteiger charge is -2.24. The highest BCUT2D eigenvalue weighted by Gasteiger charge is 2.46. The number of carbonyl (C=O) groups is 2. The summed E-state index contributed by atoms with van der Waals surface area (Å²) in [6.07, 6.45) is 0. The Morgan fingerprint density at radius 3 is 2.57 bits per heavy atom. The van der Waals surface area contributed by atoms with E-state index in [0.717, 1.165) is 21.8 Å². The predicted octanol–water partition coefficient (Wildman–Crippen LogP) is 5.90. The maximum atomic E-state index is 13.3. The van der Waals surface area contributed by atoms with Gasteiger partial charge in [0.15, 0.2) is 0 Å². The van der Waals surface area contributed by atoms with Gasteiger partial charge in [0.25, 0.3) is 11.7 Å². The van der Waals surface area contributed by atoms with Crippen LogP contribution in [0.2, 0.25) is 0 Å². The number of thiophene rings is 1. The number of rotatable bonds is 8. The molecule has 1 saturated heterocycles. The lowest BCUT2D eigenvalue weighted by molar-refractivity contribution is -0.140. The van der Waals surface area contributed by atoms with E-state index in [4.69, 9.17) is 9.47 Å². The van der Waals surface area contributed by atoms with Crippen molar-refractivity contribution in [3.8, 4) is 11.5 Å². The van der Waals surface area contributed by atoms with Crippen LogP contribution in [0.15, 0.2) is 65.6 Å². The first-order valence-electron chi connectivity index (χ1n) is 11.6. The van der Waals surface area contributed by atoms with Gasteiger partial charge in [0.2, 0.25) is 0 Å². The van der Waals surface area contributed by atoms with Crippen LogP contribution in [0.3, 0.4) is 0 Å². The number of carbonyl (C=O) groups excluding carboxylic acids is 2. The highest BCUT2D eigenvalue weighted by atomic mass is 32.1. The van der Waals surface area contributed by atoms with Crippen LogP contribution in [0.25, 0.3) is 5.76 Å². The third-order valence-electron chi connectivity index (χ3n) is 6.04. The van der Waals surface area contributed by atoms with Crippen molar-refractivity contribution in [3.63, 3.8) is 0 Å². The molecule has 0 radical (unpaired) electrons. The van der Waals surface area contributed by atoms with Gasteiger partial charge in [-0.25, -0.2) is 0 Å². The fourth-order valence-corrected chi connectivity index (χ4v) is 5.19. The zero-order valence-corrected chi connectivity index (χ0v) is 21.1. The Bertz CT molecular complexity index is 1260. The number of hydrogen-bond acceptors (Lipinski definition) is 6. The first-order chi connectivity index (χ1) is 16.8. The molecule has 0 spiro atoms. The van der Waals surface area contributed by atoms with E-state index < -0.39 is 17.7 Å². The van der Waals surface area contributed by atoms with Crippen LogP contribution in [0, 0.1) is 0 Å². The molecule has 0 bridgehead atoms. The zero-order valence-electron chi connectivity index (χ0n) is 20.3. The zero-order chi connectivity index (χ0) is 25.1. The van der Waals surface area contributed by atoms with Gasteiger partial charge in [-0.05, 0) is 65.7 Å². The van der Waals surface area contributed by atoms with E-state index >= 15 is 0 Å². The van der Waals surface area contributed by atoms with E-state index in [0.29, 0.717) is 17.9 Å². The van der Waals surface area contributed by atoms with Crippen LogP contribution in [-0.2, 0) is 16.1 Å². The number of aliphatic hydroxyl groups excluding tert-OH is 1. The monoisotopic (exact) mass is 491 g/mol. The van der Waals surface area contributed by atoms with Crippen molar-refractivity contribution in [2.75, 3.05) is 13.7 Å². The molecule has 35 heavy (non-hydrogen) atoms. The van der Waals surface area contributed by atoms with Gasteiger partial charge in [-0.3, -0.25) is 9.59 Å². The van der Waals surface area contributed by atoms with Crippen LogP contribution in [0.1, 0.15) is 54.3 Å². The molecule has 7 heteroatoms. The Labute approximate surface area is 209 Å². The maximum Gasteiger partial charge on any atom is 0.295 e. The van der Waals surface area contributed by atoms with E-state index in [1.807, 2.05) is 68.6 Å². The van der Waals surface area contributed by atoms with Crippen molar-refractivity contribution < 1.29 is 24.2 Å². The summed E-state index contributed by atoms with van der Waals surface area (Å²) in [6.45, 7) is 6.74. The number of likely N-dealkylation sites (tertiary alicyclic amines) is 1. The van der Waals surface area contributed by atoms with E-state index in [9.17, 15) is 14.7 Å². The molecule has 6 nitrogen and oxygen atoms in total. The summed E-state index contributed by atoms with van der Waals surface area (Å²) < 4.78 is 11.1. The van der Waals surface area contributed by atoms with E-state index in [1.165, 1.54) is 16.2 Å². The quantitative estimate of drug-likeness (QED) is 0.241. The molecule has 1 unspecified atom stereocenters. The van der Waals surface area contributed by atoms with Crippen LogP contribution in [-0.4, -0.2) is 35.4 Å². The third-order valence-corrected chi connectivity index (χ3v) is 6.97. The second-order valence-electron chi connectivity index (χ2n) is 8.63. The Kier molecular flexibility index (Phi) is 7.26. The minimum absolute atomic E-state index is 0.0965. The molecule has 1 aliphatic rings. The highest BCUT2D eigenvalue weighted by Crippen LogP contribution is 2.42. The first kappa shape index (κ1) is 24.5. The summed E-state index contributed by atoms with van der Waals surface area (Å²) in [5.74, 6) is 0.0500. The molecule has 2 aromatic carbocycles. The molecule has 3 aromatic rings. The standard InChI is InChI=1S/C28H29NO5S/c1-5-34-22-12-11-19(15-21(22)17(2)3)26(30)24-25(23-10-7-13-35-23)29(28(32)27(24)31)16-18-8-6-9-20(14-18)33-4/h6-15,17,25,30H,5,16H2,1-4H3/b26-24-. The summed E-state index contributed by atoms with van der Waals surface area (Å²) in [4.78, 5) is 28.8. The Hall–Kier alpha value is -3.58. The molecule has 2 heterocycles. The number of aliphatic hydroxyl groups is 1. The molecule has 1 aliphatic heterocycles. The normalized spacial score (nSPS) is 17.3. The lowest BCUT2D eigenvalue weighted by atomic mass is 9.95. The number of Topliss-reactive ketones (excluding diaryl/α,β-unsaturated/α-hetero) is 1. The highest BCUT2D eigenvalue weighted by molar-refractivity contribution is 7.10. The average molecular weight is 492 g/mol. The van der Waals surface area contributed by atoms with Gasteiger partial charge in [0.1, 0.15) is 17.3 Å². The molecule has 1 atom stereocenters. The predicted molar refractivity (Wildman–Crippen MR) is 137 cm³/mol. The largest absolute Gasteiger partial charge is 0.507 e. The molecule has 1 aromatic heterocycles. The van der Waals surface area contributed by atoms with E-state index in [1.54, 1.807) is 19.2 Å². The molecule has 4 rings (SSSR count). The summed E-state index contributed by atoms with van der Waals surface area (Å²) in [5, 5.41) is 13.3. The summed E-state index contributed by atoms with van der Waals surface area (Å²) >= 11 is 1.44. The van der Waals surface area contributed by atoms with Crippen LogP contribution >= 0.6 is 11.3 Å². The van der Waals surface area contributed by atoms with E-state index in [-0.39, 0.29) is 23.8 Å². The second kappa shape index (κ2) is 10.4. The number of benzene rings is 2. The number of amides is 1. The molecule has 1 N–H and O–H groups in total. The van der Waals surface area contributed by atoms with Crippen molar-refractivity contribution >= 4 is 28.8 Å². The van der Waals surface area contributed by atoms with Gasteiger partial charge < -0.3 is 19.5 Å². The Morgan fingerprint density at radius 2 is 1.91 bits per heavy atom. The number of methoxy groups -OCH3 is 1. The van der Waals surface area contributed by atoms with Gasteiger partial charge in [-0.1, -0.05) is 32.0 Å². The van der Waals surface area contributed by atoms with Crippen molar-refractivity contribution in [1.29, 1.82) is 0 Å². The van der Waals surface area contributed by atoms with Crippen LogP contribution in [0.5, 0.6) is 11.5 Å². The summed E-state index contributed by atoms with van der Waals surface area (Å²) in [5.41, 5.74) is 2.34. The van der Waals surface area contributed by atoms with E-state index in [2.05, 4.69) is 0 Å². The number of ketones is 1. The Morgan fingerprint density at radius 1 is 1.11 bits per heavy atom. The number of hydrogen-bond donors (Lipinski definition) is 1. The molecule has 1 amide bonds. The van der Waals surface area contributed by atoms with Crippen LogP contribution < -0.4 is 9.47 Å². The molecular weight excluding hydrogens is 462 g/mol. The van der Waals surface area contributed by atoms with Crippen molar-refractivity contribution in [3.05, 3.63) is 87.1 Å². The van der Waals surface area contributed by atoms with Gasteiger partial charge >= 0.3 is 0 Å². The van der Waals surface area contributed by atoms with Gasteiger partial charge in [-0.2, -0.15) is 0 Å². The first-order valence-corrected chi connectivity index (χ1v) is 12.5. The topological polar surface area (TPSA) is 76.1 Å². The van der Waals surface area contributed by atoms with Crippen molar-refractivity contribution in [2.24, 2.45) is 0 Å². The average Bonchev–Trinajstić information content (AvgIpc) is 3.47. The van der Waals surface area contributed by atoms with Gasteiger partial charge in [0.05, 0.1) is 25.3 Å². The lowest BCUT2D eigenvalue weighted by Crippen LogP contribution is -2.28. The second-order valence-corrected chi connectivity index (χ2v) is 9.61. The fourth-order valence-electron chi connectivity index (χ4n) is 4.34. The molecule has 0 aliphatic carbocycles. The third kappa shape index (κ3) is 4.82. The maximum absolute atomic E-state index is 13.3. The molecule has 0 saturated carbocycles. The van der Waals surface area contributed by atoms with Gasteiger partial charge in [-0.15, -0.1) is 11.3 Å². The Balaban J connectivity index is 1.82. The van der Waals surface area contributed by atoms with Gasteiger partial charge in [0, 0.05) is 17.0 Å². The molecule has 182 valence electrons. The van der Waals surface area contributed by atoms with Crippen molar-refractivity contribution in [1.82, 2.24) is 4.90 Å². The smallest absolute Gasteiger partial charge is 0.295 e.